The second-order valence-corrected chi connectivity index (χ2v) is 5.88. The van der Waals surface area contributed by atoms with Crippen molar-refractivity contribution >= 4 is 17.5 Å². The summed E-state index contributed by atoms with van der Waals surface area (Å²) in [5.41, 5.74) is 3.13. The Kier molecular flexibility index (Phi) is 5.68. The van der Waals surface area contributed by atoms with E-state index in [0.717, 1.165) is 24.3 Å². The Bertz CT molecular complexity index is 665. The molecule has 2 N–H and O–H groups in total. The van der Waals surface area contributed by atoms with Gasteiger partial charge in [-0.15, -0.1) is 0 Å². The fraction of sp³-hybridized carbons (Fsp3) is 0.389. The predicted octanol–water partition coefficient (Wildman–Crippen LogP) is 3.98. The SMILES string of the molecule is CCCNc1nc(C)cc(C(=O)Nc2ccc(C(C)C)cc2)n1. The predicted molar refractivity (Wildman–Crippen MR) is 94.0 cm³/mol. The van der Waals surface area contributed by atoms with Crippen LogP contribution in [0.3, 0.4) is 0 Å². The summed E-state index contributed by atoms with van der Waals surface area (Å²) in [5, 5.41) is 5.99. The summed E-state index contributed by atoms with van der Waals surface area (Å²) < 4.78 is 0. The van der Waals surface area contributed by atoms with Crippen LogP contribution in [0.2, 0.25) is 0 Å². The number of aromatic nitrogens is 2. The van der Waals surface area contributed by atoms with Gasteiger partial charge in [-0.05, 0) is 43.0 Å². The normalized spacial score (nSPS) is 10.7. The molecule has 0 bridgehead atoms. The smallest absolute Gasteiger partial charge is 0.274 e. The standard InChI is InChI=1S/C18H24N4O/c1-5-10-19-18-20-13(4)11-16(22-18)17(23)21-15-8-6-14(7-9-15)12(2)3/h6-9,11-12H,5,10H2,1-4H3,(H,21,23)(H,19,20,22). The van der Waals surface area contributed by atoms with Crippen LogP contribution in [0.1, 0.15) is 54.9 Å². The molecule has 2 aromatic rings. The second kappa shape index (κ2) is 7.72. The molecule has 1 amide bonds. The van der Waals surface area contributed by atoms with E-state index >= 15 is 0 Å². The Morgan fingerprint density at radius 2 is 1.87 bits per heavy atom. The maximum atomic E-state index is 12.4. The third-order valence-corrected chi connectivity index (χ3v) is 3.46. The third kappa shape index (κ3) is 4.77. The molecule has 0 saturated carbocycles. The van der Waals surface area contributed by atoms with Gasteiger partial charge in [-0.2, -0.15) is 0 Å². The summed E-state index contributed by atoms with van der Waals surface area (Å²) in [6.07, 6.45) is 0.973. The highest BCUT2D eigenvalue weighted by Crippen LogP contribution is 2.17. The molecule has 0 fully saturated rings. The van der Waals surface area contributed by atoms with Crippen molar-refractivity contribution in [1.82, 2.24) is 9.97 Å². The molecule has 5 heteroatoms. The van der Waals surface area contributed by atoms with Gasteiger partial charge in [-0.25, -0.2) is 9.97 Å². The van der Waals surface area contributed by atoms with E-state index in [0.29, 0.717) is 17.6 Å². The lowest BCUT2D eigenvalue weighted by molar-refractivity contribution is 0.102. The molecule has 1 heterocycles. The van der Waals surface area contributed by atoms with Gasteiger partial charge in [0.2, 0.25) is 5.95 Å². The number of hydrogen-bond donors (Lipinski definition) is 2. The molecular weight excluding hydrogens is 288 g/mol. The molecular formula is C18H24N4O. The van der Waals surface area contributed by atoms with Gasteiger partial charge in [0.15, 0.2) is 0 Å². The number of hydrogen-bond acceptors (Lipinski definition) is 4. The minimum Gasteiger partial charge on any atom is -0.354 e. The molecule has 2 rings (SSSR count). The van der Waals surface area contributed by atoms with Crippen LogP contribution >= 0.6 is 0 Å². The van der Waals surface area contributed by atoms with E-state index in [4.69, 9.17) is 0 Å². The molecule has 0 aliphatic heterocycles. The topological polar surface area (TPSA) is 66.9 Å². The molecule has 1 aromatic heterocycles. The monoisotopic (exact) mass is 312 g/mol. The fourth-order valence-electron chi connectivity index (χ4n) is 2.15. The van der Waals surface area contributed by atoms with E-state index in [9.17, 15) is 4.79 Å². The summed E-state index contributed by atoms with van der Waals surface area (Å²) in [6, 6.07) is 9.57. The van der Waals surface area contributed by atoms with Crippen molar-refractivity contribution in [2.75, 3.05) is 17.2 Å². The highest BCUT2D eigenvalue weighted by atomic mass is 16.1. The first-order chi connectivity index (χ1) is 11.0. The van der Waals surface area contributed by atoms with Gasteiger partial charge in [0, 0.05) is 17.9 Å². The molecule has 0 aliphatic rings. The summed E-state index contributed by atoms with van der Waals surface area (Å²) in [7, 11) is 0. The Morgan fingerprint density at radius 1 is 1.17 bits per heavy atom. The second-order valence-electron chi connectivity index (χ2n) is 5.88. The van der Waals surface area contributed by atoms with Crippen LogP contribution in [0, 0.1) is 6.92 Å². The third-order valence-electron chi connectivity index (χ3n) is 3.46. The molecule has 0 aliphatic carbocycles. The average molecular weight is 312 g/mol. The Balaban J connectivity index is 2.12. The fourth-order valence-corrected chi connectivity index (χ4v) is 2.15. The van der Waals surface area contributed by atoms with E-state index in [-0.39, 0.29) is 5.91 Å². The highest BCUT2D eigenvalue weighted by Gasteiger charge is 2.11. The van der Waals surface area contributed by atoms with E-state index in [2.05, 4.69) is 41.4 Å². The van der Waals surface area contributed by atoms with Crippen LogP contribution in [-0.4, -0.2) is 22.4 Å². The van der Waals surface area contributed by atoms with Gasteiger partial charge >= 0.3 is 0 Å². The molecule has 0 radical (unpaired) electrons. The lowest BCUT2D eigenvalue weighted by Crippen LogP contribution is -2.16. The molecule has 0 spiro atoms. The molecule has 0 atom stereocenters. The zero-order valence-electron chi connectivity index (χ0n) is 14.2. The van der Waals surface area contributed by atoms with Crippen molar-refractivity contribution in [3.63, 3.8) is 0 Å². The van der Waals surface area contributed by atoms with E-state index in [1.165, 1.54) is 5.56 Å². The summed E-state index contributed by atoms with van der Waals surface area (Å²) in [4.78, 5) is 21.0. The number of benzene rings is 1. The largest absolute Gasteiger partial charge is 0.354 e. The molecule has 0 unspecified atom stereocenters. The Morgan fingerprint density at radius 3 is 2.48 bits per heavy atom. The van der Waals surface area contributed by atoms with Crippen LogP contribution in [0.5, 0.6) is 0 Å². The zero-order valence-corrected chi connectivity index (χ0v) is 14.2. The van der Waals surface area contributed by atoms with Crippen molar-refractivity contribution in [2.45, 2.75) is 40.0 Å². The number of carbonyl (C=O) groups excluding carboxylic acids is 1. The molecule has 5 nitrogen and oxygen atoms in total. The number of nitrogens with one attached hydrogen (secondary N) is 2. The van der Waals surface area contributed by atoms with Crippen molar-refractivity contribution in [2.24, 2.45) is 0 Å². The van der Waals surface area contributed by atoms with Gasteiger partial charge in [0.25, 0.3) is 5.91 Å². The Labute approximate surface area is 137 Å². The van der Waals surface area contributed by atoms with Crippen molar-refractivity contribution < 1.29 is 4.79 Å². The van der Waals surface area contributed by atoms with Gasteiger partial charge < -0.3 is 10.6 Å². The number of aryl methyl sites for hydroxylation is 1. The highest BCUT2D eigenvalue weighted by molar-refractivity contribution is 6.03. The maximum absolute atomic E-state index is 12.4. The van der Waals surface area contributed by atoms with Gasteiger partial charge in [0.1, 0.15) is 5.69 Å². The quantitative estimate of drug-likeness (QED) is 0.846. The first kappa shape index (κ1) is 16.9. The lowest BCUT2D eigenvalue weighted by atomic mass is 10.0. The minimum atomic E-state index is -0.229. The molecule has 0 saturated heterocycles. The summed E-state index contributed by atoms with van der Waals surface area (Å²) in [6.45, 7) is 8.98. The average Bonchev–Trinajstić information content (AvgIpc) is 2.53. The number of rotatable bonds is 6. The van der Waals surface area contributed by atoms with Crippen LogP contribution < -0.4 is 10.6 Å². The number of anilines is 2. The van der Waals surface area contributed by atoms with Gasteiger partial charge in [-0.1, -0.05) is 32.9 Å². The van der Waals surface area contributed by atoms with Crippen LogP contribution in [0.4, 0.5) is 11.6 Å². The number of nitrogens with zero attached hydrogens (tertiary/aromatic N) is 2. The van der Waals surface area contributed by atoms with Crippen molar-refractivity contribution in [3.05, 3.63) is 47.3 Å². The van der Waals surface area contributed by atoms with E-state index in [1.54, 1.807) is 6.07 Å². The minimum absolute atomic E-state index is 0.229. The lowest BCUT2D eigenvalue weighted by Gasteiger charge is -2.10. The summed E-state index contributed by atoms with van der Waals surface area (Å²) >= 11 is 0. The zero-order chi connectivity index (χ0) is 16.8. The molecule has 122 valence electrons. The number of amides is 1. The summed E-state index contributed by atoms with van der Waals surface area (Å²) in [5.74, 6) is 0.732. The van der Waals surface area contributed by atoms with Crippen molar-refractivity contribution in [1.29, 1.82) is 0 Å². The van der Waals surface area contributed by atoms with Gasteiger partial charge in [0.05, 0.1) is 0 Å². The Hall–Kier alpha value is -2.43. The van der Waals surface area contributed by atoms with Crippen LogP contribution in [0.15, 0.2) is 30.3 Å². The first-order valence-corrected chi connectivity index (χ1v) is 8.00. The van der Waals surface area contributed by atoms with Crippen LogP contribution in [0.25, 0.3) is 0 Å². The van der Waals surface area contributed by atoms with Crippen molar-refractivity contribution in [3.8, 4) is 0 Å². The van der Waals surface area contributed by atoms with Crippen LogP contribution in [-0.2, 0) is 0 Å². The van der Waals surface area contributed by atoms with E-state index < -0.39 is 0 Å². The molecule has 23 heavy (non-hydrogen) atoms. The number of carbonyl (C=O) groups is 1. The molecule has 1 aromatic carbocycles. The van der Waals surface area contributed by atoms with E-state index in [1.807, 2.05) is 31.2 Å². The first-order valence-electron chi connectivity index (χ1n) is 8.00. The van der Waals surface area contributed by atoms with Gasteiger partial charge in [-0.3, -0.25) is 4.79 Å². The maximum Gasteiger partial charge on any atom is 0.274 e.